The maximum Gasteiger partial charge on any atom is 0.500 e. The quantitative estimate of drug-likeness (QED) is 0.263. The molecule has 7 nitrogen and oxygen atoms in total. The number of esters is 1. The van der Waals surface area contributed by atoms with Crippen molar-refractivity contribution in [2.24, 2.45) is 0 Å². The lowest BCUT2D eigenvalue weighted by Gasteiger charge is -2.23. The highest BCUT2D eigenvalue weighted by Crippen LogP contribution is 2.17. The minimum absolute atomic E-state index is 0.130. The van der Waals surface area contributed by atoms with Crippen LogP contribution in [0.15, 0.2) is 12.2 Å². The van der Waals surface area contributed by atoms with Gasteiger partial charge in [0.25, 0.3) is 5.24 Å². The molecule has 0 unspecified atom stereocenters. The number of ether oxygens (including phenoxy) is 1. The number of carbonyl (C=O) groups is 2. The van der Waals surface area contributed by atoms with Crippen molar-refractivity contribution in [1.82, 2.24) is 5.32 Å². The second-order valence-corrected chi connectivity index (χ2v) is 8.54. The van der Waals surface area contributed by atoms with Crippen LogP contribution in [0.5, 0.6) is 0 Å². The molecular weight excluding hydrogens is 326 g/mol. The van der Waals surface area contributed by atoms with Crippen molar-refractivity contribution in [1.29, 1.82) is 0 Å². The topological polar surface area (TPSA) is 83.1 Å². The van der Waals surface area contributed by atoms with E-state index in [1.807, 2.05) is 0 Å². The fourth-order valence-corrected chi connectivity index (χ4v) is 4.14. The molecule has 0 aromatic rings. The molecule has 0 bridgehead atoms. The monoisotopic (exact) mass is 351 g/mol. The van der Waals surface area contributed by atoms with Gasteiger partial charge in [0.2, 0.25) is 0 Å². The fraction of sp³-hybridized carbons (Fsp3) is 0.692. The summed E-state index contributed by atoms with van der Waals surface area (Å²) in [5, 5.41) is 2.49. The first-order valence-corrected chi connectivity index (χ1v) is 9.71. The third-order valence-corrected chi connectivity index (χ3v) is 6.48. The summed E-state index contributed by atoms with van der Waals surface area (Å²) < 4.78 is 20.7. The van der Waals surface area contributed by atoms with Crippen molar-refractivity contribution in [3.63, 3.8) is 0 Å². The zero-order valence-electron chi connectivity index (χ0n) is 13.6. The first-order valence-electron chi connectivity index (χ1n) is 6.79. The molecule has 0 saturated carbocycles. The highest BCUT2D eigenvalue weighted by Gasteiger charge is 2.36. The molecule has 0 aliphatic heterocycles. The molecule has 9 heteroatoms. The maximum atomic E-state index is 11.6. The summed E-state index contributed by atoms with van der Waals surface area (Å²) in [7, 11) is 2.13. The number of nitrogens with one attached hydrogen (secondary N) is 1. The Morgan fingerprint density at radius 3 is 2.27 bits per heavy atom. The Morgan fingerprint density at radius 2 is 1.77 bits per heavy atom. The summed E-state index contributed by atoms with van der Waals surface area (Å²) in [6, 6.07) is 0.646. The van der Waals surface area contributed by atoms with Crippen LogP contribution in [0.25, 0.3) is 0 Å². The average molecular weight is 351 g/mol. The van der Waals surface area contributed by atoms with E-state index in [1.54, 1.807) is 28.3 Å². The number of thioether (sulfide) groups is 1. The Labute approximate surface area is 137 Å². The van der Waals surface area contributed by atoms with Gasteiger partial charge in [-0.1, -0.05) is 18.3 Å². The Hall–Kier alpha value is -0.873. The number of rotatable bonds is 11. The van der Waals surface area contributed by atoms with E-state index >= 15 is 0 Å². The molecule has 0 rings (SSSR count). The molecule has 0 aromatic heterocycles. The van der Waals surface area contributed by atoms with Crippen LogP contribution in [0.4, 0.5) is 4.79 Å². The molecule has 1 amide bonds. The predicted molar refractivity (Wildman–Crippen MR) is 87.8 cm³/mol. The summed E-state index contributed by atoms with van der Waals surface area (Å²) in [5.41, 5.74) is 0.336. The molecular formula is C13H25NO6SSi. The van der Waals surface area contributed by atoms with Gasteiger partial charge in [-0.2, -0.15) is 0 Å². The summed E-state index contributed by atoms with van der Waals surface area (Å²) in [6.45, 7) is 5.44. The molecule has 0 radical (unpaired) electrons. The zero-order chi connectivity index (χ0) is 17.0. The van der Waals surface area contributed by atoms with Gasteiger partial charge in [0, 0.05) is 38.7 Å². The largest absolute Gasteiger partial charge is 0.500 e. The van der Waals surface area contributed by atoms with Gasteiger partial charge in [0.05, 0.1) is 6.54 Å². The third-order valence-electron chi connectivity index (χ3n) is 2.75. The molecule has 22 heavy (non-hydrogen) atoms. The van der Waals surface area contributed by atoms with Gasteiger partial charge in [-0.15, -0.1) is 0 Å². The molecule has 128 valence electrons. The summed E-state index contributed by atoms with van der Waals surface area (Å²) in [6.07, 6.45) is 0.741. The normalized spacial score (nSPS) is 11.1. The van der Waals surface area contributed by atoms with Gasteiger partial charge in [-0.3, -0.25) is 4.79 Å². The van der Waals surface area contributed by atoms with Gasteiger partial charge < -0.3 is 23.3 Å². The molecule has 0 spiro atoms. The number of amides is 1. The van der Waals surface area contributed by atoms with Crippen LogP contribution >= 0.6 is 11.8 Å². The molecule has 0 atom stereocenters. The van der Waals surface area contributed by atoms with Crippen molar-refractivity contribution in [3.8, 4) is 0 Å². The molecule has 0 aliphatic rings. The van der Waals surface area contributed by atoms with Crippen molar-refractivity contribution in [2.45, 2.75) is 19.4 Å². The highest BCUT2D eigenvalue weighted by atomic mass is 32.2. The minimum atomic E-state index is -2.55. The summed E-state index contributed by atoms with van der Waals surface area (Å²) in [5.74, 6) is 0.171. The SMILES string of the molecule is C=C(C)C(=O)OCCNC(=O)SCCC[Si](OC)(OC)OC. The van der Waals surface area contributed by atoms with Gasteiger partial charge >= 0.3 is 14.8 Å². The average Bonchev–Trinajstić information content (AvgIpc) is 2.52. The summed E-state index contributed by atoms with van der Waals surface area (Å²) >= 11 is 1.16. The van der Waals surface area contributed by atoms with E-state index in [4.69, 9.17) is 18.0 Å². The van der Waals surface area contributed by atoms with Crippen LogP contribution in [0.2, 0.25) is 6.04 Å². The maximum absolute atomic E-state index is 11.6. The first kappa shape index (κ1) is 21.1. The Bertz CT molecular complexity index is 367. The molecule has 0 aromatic carbocycles. The predicted octanol–water partition coefficient (Wildman–Crippen LogP) is 1.82. The van der Waals surface area contributed by atoms with Gasteiger partial charge in [-0.25, -0.2) is 4.79 Å². The Morgan fingerprint density at radius 1 is 1.18 bits per heavy atom. The van der Waals surface area contributed by atoms with E-state index in [1.165, 1.54) is 0 Å². The van der Waals surface area contributed by atoms with Crippen LogP contribution in [0.3, 0.4) is 0 Å². The summed E-state index contributed by atoms with van der Waals surface area (Å²) in [4.78, 5) is 22.7. The molecule has 0 saturated heterocycles. The Balaban J connectivity index is 3.74. The minimum Gasteiger partial charge on any atom is -0.460 e. The number of hydrogen-bond donors (Lipinski definition) is 1. The van der Waals surface area contributed by atoms with Gasteiger partial charge in [0.15, 0.2) is 0 Å². The molecule has 0 aliphatic carbocycles. The van der Waals surface area contributed by atoms with Crippen molar-refractivity contribution < 1.29 is 27.6 Å². The number of hydrogen-bond acceptors (Lipinski definition) is 7. The second kappa shape index (κ2) is 11.7. The second-order valence-electron chi connectivity index (χ2n) is 4.38. The van der Waals surface area contributed by atoms with Crippen LogP contribution in [-0.4, -0.2) is 60.2 Å². The van der Waals surface area contributed by atoms with Crippen molar-refractivity contribution >= 4 is 31.8 Å². The van der Waals surface area contributed by atoms with Crippen LogP contribution in [-0.2, 0) is 22.8 Å². The van der Waals surface area contributed by atoms with Gasteiger partial charge in [-0.05, 0) is 13.3 Å². The smallest absolute Gasteiger partial charge is 0.460 e. The van der Waals surface area contributed by atoms with Crippen LogP contribution < -0.4 is 5.32 Å². The highest BCUT2D eigenvalue weighted by molar-refractivity contribution is 8.13. The lowest BCUT2D eigenvalue weighted by atomic mass is 10.4. The van der Waals surface area contributed by atoms with E-state index in [2.05, 4.69) is 11.9 Å². The van der Waals surface area contributed by atoms with E-state index in [0.717, 1.165) is 18.2 Å². The third kappa shape index (κ3) is 8.54. The lowest BCUT2D eigenvalue weighted by molar-refractivity contribution is -0.138. The Kier molecular flexibility index (Phi) is 11.2. The number of carbonyl (C=O) groups excluding carboxylic acids is 2. The molecule has 0 heterocycles. The lowest BCUT2D eigenvalue weighted by Crippen LogP contribution is -2.42. The van der Waals surface area contributed by atoms with Crippen LogP contribution in [0.1, 0.15) is 13.3 Å². The van der Waals surface area contributed by atoms with E-state index in [-0.39, 0.29) is 18.4 Å². The standard InChI is InChI=1S/C13H25NO6SSi/c1-11(2)12(15)20-8-7-14-13(16)21-9-6-10-22(17-3,18-4)19-5/h1,6-10H2,2-5H3,(H,14,16). The first-order chi connectivity index (χ1) is 10.4. The molecule has 0 fully saturated rings. The van der Waals surface area contributed by atoms with E-state index in [0.29, 0.717) is 17.4 Å². The van der Waals surface area contributed by atoms with Crippen molar-refractivity contribution in [2.75, 3.05) is 40.2 Å². The van der Waals surface area contributed by atoms with Crippen molar-refractivity contribution in [3.05, 3.63) is 12.2 Å². The molecule has 1 N–H and O–H groups in total. The fourth-order valence-electron chi connectivity index (χ4n) is 1.48. The van der Waals surface area contributed by atoms with E-state index < -0.39 is 14.8 Å². The zero-order valence-corrected chi connectivity index (χ0v) is 15.4. The van der Waals surface area contributed by atoms with Crippen LogP contribution in [0, 0.1) is 0 Å². The van der Waals surface area contributed by atoms with Gasteiger partial charge in [0.1, 0.15) is 6.61 Å². The van der Waals surface area contributed by atoms with E-state index in [9.17, 15) is 9.59 Å².